The molecule has 0 aromatic carbocycles. The van der Waals surface area contributed by atoms with Crippen molar-refractivity contribution >= 4 is 11.7 Å². The number of nitrogens with zero attached hydrogens (tertiary/aromatic N) is 4. The Morgan fingerprint density at radius 3 is 2.75 bits per heavy atom. The van der Waals surface area contributed by atoms with Gasteiger partial charge in [-0.2, -0.15) is 0 Å². The van der Waals surface area contributed by atoms with Crippen LogP contribution in [0, 0.1) is 11.8 Å². The maximum atomic E-state index is 12.4. The van der Waals surface area contributed by atoms with Crippen LogP contribution in [0.5, 0.6) is 0 Å². The molecule has 2 unspecified atom stereocenters. The third-order valence-corrected chi connectivity index (χ3v) is 6.42. The largest absolute Gasteiger partial charge is 0.417 e. The molecule has 0 saturated heterocycles. The van der Waals surface area contributed by atoms with Crippen LogP contribution in [-0.4, -0.2) is 51.5 Å². The summed E-state index contributed by atoms with van der Waals surface area (Å²) >= 11 is 0. The van der Waals surface area contributed by atoms with Gasteiger partial charge in [0.25, 0.3) is 11.8 Å². The molecule has 2 aliphatic rings. The summed E-state index contributed by atoms with van der Waals surface area (Å²) in [5, 5.41) is 26.9. The van der Waals surface area contributed by atoms with Crippen LogP contribution in [0.4, 0.5) is 5.82 Å². The molecule has 2 aromatic rings. The molecule has 9 heteroatoms. The summed E-state index contributed by atoms with van der Waals surface area (Å²) in [6.07, 6.45) is 15.5. The van der Waals surface area contributed by atoms with Gasteiger partial charge in [0.15, 0.2) is 24.5 Å². The molecule has 2 aromatic heterocycles. The highest BCUT2D eigenvalue weighted by Crippen LogP contribution is 2.46. The Kier molecular flexibility index (Phi) is 6.57. The van der Waals surface area contributed by atoms with Crippen LogP contribution in [0.1, 0.15) is 50.3 Å². The lowest BCUT2D eigenvalue weighted by Crippen LogP contribution is -2.45. The fraction of sp³-hybridized carbons (Fsp3) is 0.565. The molecule has 2 atom stereocenters. The van der Waals surface area contributed by atoms with E-state index in [2.05, 4.69) is 26.7 Å². The van der Waals surface area contributed by atoms with Crippen molar-refractivity contribution in [3.05, 3.63) is 48.4 Å². The Bertz CT molecular complexity index is 959. The van der Waals surface area contributed by atoms with E-state index in [0.29, 0.717) is 22.7 Å². The summed E-state index contributed by atoms with van der Waals surface area (Å²) < 4.78 is 11.1. The summed E-state index contributed by atoms with van der Waals surface area (Å²) in [6, 6.07) is 1.59. The number of carbonyl (C=O) groups excluding carboxylic acids is 1. The van der Waals surface area contributed by atoms with Crippen LogP contribution in [0.3, 0.4) is 0 Å². The molecular weight excluding hydrogens is 410 g/mol. The highest BCUT2D eigenvalue weighted by Gasteiger charge is 2.48. The molecule has 4 rings (SSSR count). The number of amides is 1. The lowest BCUT2D eigenvalue weighted by atomic mass is 9.68. The van der Waals surface area contributed by atoms with Crippen LogP contribution < -0.4 is 5.32 Å². The predicted octanol–water partition coefficient (Wildman–Crippen LogP) is 3.17. The van der Waals surface area contributed by atoms with E-state index in [1.54, 1.807) is 6.07 Å². The normalized spacial score (nSPS) is 21.4. The molecule has 2 heterocycles. The summed E-state index contributed by atoms with van der Waals surface area (Å²) in [7, 11) is 3.82. The van der Waals surface area contributed by atoms with Crippen LogP contribution in [0.2, 0.25) is 0 Å². The Morgan fingerprint density at radius 2 is 2.06 bits per heavy atom. The predicted molar refractivity (Wildman–Crippen MR) is 117 cm³/mol. The van der Waals surface area contributed by atoms with Crippen LogP contribution in [0.15, 0.2) is 45.6 Å². The van der Waals surface area contributed by atoms with Gasteiger partial charge >= 0.3 is 0 Å². The van der Waals surface area contributed by atoms with E-state index in [0.717, 1.165) is 32.1 Å². The smallest absolute Gasteiger partial charge is 0.280 e. The van der Waals surface area contributed by atoms with Crippen molar-refractivity contribution in [2.75, 3.05) is 26.0 Å². The first-order valence-electron chi connectivity index (χ1n) is 11.3. The van der Waals surface area contributed by atoms with Gasteiger partial charge in [-0.1, -0.05) is 48.7 Å². The molecule has 0 radical (unpaired) electrons. The first kappa shape index (κ1) is 22.4. The fourth-order valence-corrected chi connectivity index (χ4v) is 4.84. The van der Waals surface area contributed by atoms with Crippen molar-refractivity contribution in [2.24, 2.45) is 11.8 Å². The van der Waals surface area contributed by atoms with Crippen molar-refractivity contribution in [2.45, 2.75) is 50.7 Å². The Hall–Kier alpha value is -2.78. The molecule has 2 N–H and O–H groups in total. The number of aromatic nitrogens is 3. The number of rotatable bonds is 8. The zero-order valence-electron chi connectivity index (χ0n) is 18.7. The molecule has 0 aliphatic heterocycles. The van der Waals surface area contributed by atoms with Gasteiger partial charge in [-0.3, -0.25) is 4.79 Å². The first-order chi connectivity index (χ1) is 15.4. The highest BCUT2D eigenvalue weighted by molar-refractivity contribution is 5.90. The van der Waals surface area contributed by atoms with Gasteiger partial charge in [-0.25, -0.2) is 0 Å². The van der Waals surface area contributed by atoms with Gasteiger partial charge in [-0.15, -0.1) is 10.2 Å². The molecular formula is C23H32N5O4+. The van der Waals surface area contributed by atoms with E-state index in [-0.39, 0.29) is 30.2 Å². The number of carbonyl (C=O) groups is 1. The minimum Gasteiger partial charge on any atom is -0.417 e. The summed E-state index contributed by atoms with van der Waals surface area (Å²) in [4.78, 5) is 12.4. The maximum absolute atomic E-state index is 12.4. The molecule has 32 heavy (non-hydrogen) atoms. The van der Waals surface area contributed by atoms with E-state index in [1.807, 2.05) is 32.3 Å². The highest BCUT2D eigenvalue weighted by atomic mass is 16.5. The van der Waals surface area contributed by atoms with Crippen LogP contribution >= 0.6 is 0 Å². The van der Waals surface area contributed by atoms with Gasteiger partial charge in [0, 0.05) is 12.0 Å². The number of aliphatic hydroxyl groups is 1. The fourth-order valence-electron chi connectivity index (χ4n) is 4.84. The third-order valence-electron chi connectivity index (χ3n) is 6.42. The van der Waals surface area contributed by atoms with Crippen molar-refractivity contribution in [1.29, 1.82) is 0 Å². The number of hydrogen-bond acceptors (Lipinski definition) is 7. The first-order valence-corrected chi connectivity index (χ1v) is 11.3. The number of allylic oxidation sites excluding steroid dienone is 3. The zero-order chi connectivity index (χ0) is 22.6. The average Bonchev–Trinajstić information content (AvgIpc) is 3.46. The van der Waals surface area contributed by atoms with E-state index < -0.39 is 5.60 Å². The van der Waals surface area contributed by atoms with Crippen molar-refractivity contribution in [1.82, 2.24) is 15.4 Å². The average molecular weight is 443 g/mol. The van der Waals surface area contributed by atoms with Crippen molar-refractivity contribution < 1.29 is 23.3 Å². The zero-order valence-corrected chi connectivity index (χ0v) is 18.7. The maximum Gasteiger partial charge on any atom is 0.280 e. The van der Waals surface area contributed by atoms with E-state index >= 15 is 0 Å². The number of anilines is 1. The summed E-state index contributed by atoms with van der Waals surface area (Å²) in [6.45, 7) is 0.550. The Morgan fingerprint density at radius 1 is 1.25 bits per heavy atom. The van der Waals surface area contributed by atoms with Gasteiger partial charge in [0.05, 0.1) is 14.1 Å². The second-order valence-electron chi connectivity index (χ2n) is 9.50. The lowest BCUT2D eigenvalue weighted by molar-refractivity contribution is -0.896. The molecule has 1 amide bonds. The van der Waals surface area contributed by atoms with E-state index in [4.69, 9.17) is 8.94 Å². The monoisotopic (exact) mass is 442 g/mol. The lowest BCUT2D eigenvalue weighted by Gasteiger charge is -2.40. The van der Waals surface area contributed by atoms with Crippen molar-refractivity contribution in [3.63, 3.8) is 0 Å². The van der Waals surface area contributed by atoms with Gasteiger partial charge in [0.2, 0.25) is 5.89 Å². The van der Waals surface area contributed by atoms with Crippen LogP contribution in [-0.2, 0) is 16.9 Å². The molecule has 0 bridgehead atoms. The number of quaternary nitrogens is 1. The molecule has 1 saturated carbocycles. The Labute approximate surface area is 187 Å². The minimum atomic E-state index is -1.19. The van der Waals surface area contributed by atoms with Crippen LogP contribution in [0.25, 0.3) is 0 Å². The molecule has 1 fully saturated rings. The van der Waals surface area contributed by atoms with Gasteiger partial charge < -0.3 is 23.8 Å². The second-order valence-corrected chi connectivity index (χ2v) is 9.50. The summed E-state index contributed by atoms with van der Waals surface area (Å²) in [5.74, 6) is 0.866. The topological polar surface area (TPSA) is 114 Å². The van der Waals surface area contributed by atoms with Crippen molar-refractivity contribution in [3.8, 4) is 0 Å². The Balaban J connectivity index is 1.49. The second kappa shape index (κ2) is 9.38. The number of nitrogens with one attached hydrogen (secondary N) is 1. The third kappa shape index (κ3) is 4.99. The quantitative estimate of drug-likeness (QED) is 0.604. The molecule has 0 spiro atoms. The summed E-state index contributed by atoms with van der Waals surface area (Å²) in [5.41, 5.74) is -1.19. The molecule has 2 aliphatic carbocycles. The van der Waals surface area contributed by atoms with Gasteiger partial charge in [0.1, 0.15) is 6.26 Å². The van der Waals surface area contributed by atoms with E-state index in [9.17, 15) is 9.90 Å². The SMILES string of the molecule is C[N+](C)(CC(=O)Nc1ccon1)Cc1nnc(C(O)(C2C=CC=CC2)C2CCCCC2)o1. The minimum absolute atomic E-state index is 0.0847. The molecule has 172 valence electrons. The number of hydrogen-bond donors (Lipinski definition) is 2. The van der Waals surface area contributed by atoms with Gasteiger partial charge in [-0.05, 0) is 25.2 Å². The molecule has 9 nitrogen and oxygen atoms in total. The number of likely N-dealkylation sites (N-methyl/N-ethyl adjacent to an activating group) is 1. The van der Waals surface area contributed by atoms with E-state index in [1.165, 1.54) is 12.7 Å². The standard InChI is InChI=1S/C23H31N5O4/c1-28(2,15-20(29)24-19-13-14-31-27-19)16-21-25-26-22(32-21)23(30,17-9-5-3-6-10-17)18-11-7-4-8-12-18/h3,5-6,9,13-14,17-18,30H,4,7-8,10-12,15-16H2,1-2H3/p+1.